The molecule has 3 rings (SSSR count). The summed E-state index contributed by atoms with van der Waals surface area (Å²) in [6, 6.07) is 5.34. The third-order valence-electron chi connectivity index (χ3n) is 4.28. The van der Waals surface area contributed by atoms with Gasteiger partial charge in [-0.05, 0) is 36.6 Å². The van der Waals surface area contributed by atoms with E-state index < -0.39 is 5.79 Å². The normalized spacial score (nSPS) is 21.2. The summed E-state index contributed by atoms with van der Waals surface area (Å²) >= 11 is 12.0. The van der Waals surface area contributed by atoms with Crippen LogP contribution in [0.25, 0.3) is 0 Å². The highest BCUT2D eigenvalue weighted by atomic mass is 35.5. The molecule has 1 aliphatic carbocycles. The van der Waals surface area contributed by atoms with Crippen LogP contribution in [-0.4, -0.2) is 30.9 Å². The summed E-state index contributed by atoms with van der Waals surface area (Å²) in [6.45, 7) is 1.34. The lowest BCUT2D eigenvalue weighted by Crippen LogP contribution is -2.44. The molecule has 0 atom stereocenters. The van der Waals surface area contributed by atoms with Gasteiger partial charge in [-0.1, -0.05) is 23.2 Å². The Morgan fingerprint density at radius 2 is 1.91 bits per heavy atom. The van der Waals surface area contributed by atoms with Crippen molar-refractivity contribution in [1.29, 1.82) is 0 Å². The summed E-state index contributed by atoms with van der Waals surface area (Å²) in [7, 11) is 0. The summed E-state index contributed by atoms with van der Waals surface area (Å²) in [5, 5.41) is 4.22. The van der Waals surface area contributed by atoms with Crippen molar-refractivity contribution in [1.82, 2.24) is 5.32 Å². The standard InChI is InChI=1S/C16H19Cl2NO3/c17-12-1-2-14(18)11(9-12)10-15(20)19-13-3-5-16(6-4-13)21-7-8-22-16/h1-2,9,13H,3-8,10H2,(H,19,20). The molecule has 1 aromatic carbocycles. The van der Waals surface area contributed by atoms with Crippen LogP contribution in [0, 0.1) is 0 Å². The number of amides is 1. The molecule has 1 saturated heterocycles. The summed E-state index contributed by atoms with van der Waals surface area (Å²) in [4.78, 5) is 12.2. The van der Waals surface area contributed by atoms with Gasteiger partial charge in [0.05, 0.1) is 19.6 Å². The quantitative estimate of drug-likeness (QED) is 0.915. The predicted octanol–water partition coefficient (Wildman–Crippen LogP) is 3.34. The van der Waals surface area contributed by atoms with Gasteiger partial charge in [-0.3, -0.25) is 4.79 Å². The van der Waals surface area contributed by atoms with Gasteiger partial charge >= 0.3 is 0 Å². The van der Waals surface area contributed by atoms with Gasteiger partial charge in [-0.15, -0.1) is 0 Å². The van der Waals surface area contributed by atoms with Crippen LogP contribution in [0.3, 0.4) is 0 Å². The number of hydrogen-bond donors (Lipinski definition) is 1. The molecule has 0 aromatic heterocycles. The molecule has 1 aromatic rings. The molecule has 1 aliphatic heterocycles. The Hall–Kier alpha value is -0.810. The second kappa shape index (κ2) is 6.75. The highest BCUT2D eigenvalue weighted by Gasteiger charge is 2.40. The Balaban J connectivity index is 1.51. The van der Waals surface area contributed by atoms with Crippen molar-refractivity contribution in [2.24, 2.45) is 0 Å². The minimum Gasteiger partial charge on any atom is -0.353 e. The van der Waals surface area contributed by atoms with Gasteiger partial charge in [-0.2, -0.15) is 0 Å². The van der Waals surface area contributed by atoms with Crippen LogP contribution in [0.1, 0.15) is 31.2 Å². The third kappa shape index (κ3) is 3.74. The smallest absolute Gasteiger partial charge is 0.224 e. The number of hydrogen-bond acceptors (Lipinski definition) is 3. The monoisotopic (exact) mass is 343 g/mol. The maximum absolute atomic E-state index is 12.2. The third-order valence-corrected chi connectivity index (χ3v) is 4.89. The van der Waals surface area contributed by atoms with E-state index >= 15 is 0 Å². The molecule has 1 amide bonds. The average molecular weight is 344 g/mol. The molecule has 0 unspecified atom stereocenters. The molecule has 1 heterocycles. The van der Waals surface area contributed by atoms with Crippen molar-refractivity contribution in [2.75, 3.05) is 13.2 Å². The number of halogens is 2. The Labute approximate surface area is 140 Å². The lowest BCUT2D eigenvalue weighted by atomic mass is 9.90. The Morgan fingerprint density at radius 3 is 2.59 bits per heavy atom. The zero-order valence-electron chi connectivity index (χ0n) is 12.2. The van der Waals surface area contributed by atoms with Gasteiger partial charge in [0.25, 0.3) is 0 Å². The van der Waals surface area contributed by atoms with Gasteiger partial charge in [0, 0.05) is 28.9 Å². The van der Waals surface area contributed by atoms with Crippen LogP contribution in [0.5, 0.6) is 0 Å². The Morgan fingerprint density at radius 1 is 1.23 bits per heavy atom. The second-order valence-corrected chi connectivity index (χ2v) is 6.71. The summed E-state index contributed by atoms with van der Waals surface area (Å²) in [6.07, 6.45) is 3.64. The average Bonchev–Trinajstić information content (AvgIpc) is 2.94. The molecule has 0 bridgehead atoms. The second-order valence-electron chi connectivity index (χ2n) is 5.86. The van der Waals surface area contributed by atoms with Crippen LogP contribution < -0.4 is 5.32 Å². The molecule has 22 heavy (non-hydrogen) atoms. The molecule has 2 aliphatic rings. The molecule has 4 nitrogen and oxygen atoms in total. The number of rotatable bonds is 3. The van der Waals surface area contributed by atoms with Crippen molar-refractivity contribution in [3.8, 4) is 0 Å². The zero-order valence-corrected chi connectivity index (χ0v) is 13.8. The SMILES string of the molecule is O=C(Cc1cc(Cl)ccc1Cl)NC1CCC2(CC1)OCCO2. The van der Waals surface area contributed by atoms with Crippen LogP contribution in [0.2, 0.25) is 10.0 Å². The fraction of sp³-hybridized carbons (Fsp3) is 0.562. The van der Waals surface area contributed by atoms with E-state index in [1.807, 2.05) is 0 Å². The Kier molecular flexibility index (Phi) is 4.93. The number of nitrogens with one attached hydrogen (secondary N) is 1. The maximum atomic E-state index is 12.2. The zero-order chi connectivity index (χ0) is 15.6. The van der Waals surface area contributed by atoms with Crippen molar-refractivity contribution in [3.63, 3.8) is 0 Å². The predicted molar refractivity (Wildman–Crippen MR) is 85.2 cm³/mol. The topological polar surface area (TPSA) is 47.6 Å². The summed E-state index contributed by atoms with van der Waals surface area (Å²) < 4.78 is 11.4. The number of benzene rings is 1. The van der Waals surface area contributed by atoms with Gasteiger partial charge < -0.3 is 14.8 Å². The first-order chi connectivity index (χ1) is 10.6. The first kappa shape index (κ1) is 16.1. The number of carbonyl (C=O) groups excluding carboxylic acids is 1. The van der Waals surface area contributed by atoms with Crippen LogP contribution in [0.4, 0.5) is 0 Å². The minimum atomic E-state index is -0.391. The van der Waals surface area contributed by atoms with E-state index in [-0.39, 0.29) is 18.4 Å². The van der Waals surface area contributed by atoms with Crippen LogP contribution in [-0.2, 0) is 20.7 Å². The highest BCUT2D eigenvalue weighted by molar-refractivity contribution is 6.33. The lowest BCUT2D eigenvalue weighted by molar-refractivity contribution is -0.180. The summed E-state index contributed by atoms with van der Waals surface area (Å²) in [5.41, 5.74) is 0.751. The first-order valence-corrected chi connectivity index (χ1v) is 8.33. The molecule has 2 fully saturated rings. The van der Waals surface area contributed by atoms with Gasteiger partial charge in [0.1, 0.15) is 0 Å². The highest BCUT2D eigenvalue weighted by Crippen LogP contribution is 2.35. The molecule has 1 N–H and O–H groups in total. The summed E-state index contributed by atoms with van der Waals surface area (Å²) in [5.74, 6) is -0.421. The van der Waals surface area contributed by atoms with Gasteiger partial charge in [0.15, 0.2) is 5.79 Å². The van der Waals surface area contributed by atoms with E-state index in [0.717, 1.165) is 31.2 Å². The van der Waals surface area contributed by atoms with Gasteiger partial charge in [0.2, 0.25) is 5.91 Å². The van der Waals surface area contributed by atoms with Gasteiger partial charge in [-0.25, -0.2) is 0 Å². The minimum absolute atomic E-state index is 0.0293. The molecular weight excluding hydrogens is 325 g/mol. The largest absolute Gasteiger partial charge is 0.353 e. The van der Waals surface area contributed by atoms with Crippen molar-refractivity contribution >= 4 is 29.1 Å². The molecule has 0 radical (unpaired) electrons. The Bertz CT molecular complexity index is 548. The van der Waals surface area contributed by atoms with Crippen LogP contribution >= 0.6 is 23.2 Å². The first-order valence-electron chi connectivity index (χ1n) is 7.58. The van der Waals surface area contributed by atoms with Crippen molar-refractivity contribution in [2.45, 2.75) is 43.9 Å². The van der Waals surface area contributed by atoms with E-state index in [4.69, 9.17) is 32.7 Å². The maximum Gasteiger partial charge on any atom is 0.224 e. The van der Waals surface area contributed by atoms with E-state index in [0.29, 0.717) is 23.3 Å². The molecule has 6 heteroatoms. The fourth-order valence-corrected chi connectivity index (χ4v) is 3.50. The van der Waals surface area contributed by atoms with E-state index in [1.165, 1.54) is 0 Å². The lowest BCUT2D eigenvalue weighted by Gasteiger charge is -2.35. The van der Waals surface area contributed by atoms with E-state index in [1.54, 1.807) is 18.2 Å². The molecule has 1 saturated carbocycles. The molecular formula is C16H19Cl2NO3. The van der Waals surface area contributed by atoms with E-state index in [2.05, 4.69) is 5.32 Å². The van der Waals surface area contributed by atoms with Crippen molar-refractivity contribution in [3.05, 3.63) is 33.8 Å². The van der Waals surface area contributed by atoms with Crippen LogP contribution in [0.15, 0.2) is 18.2 Å². The molecule has 120 valence electrons. The number of carbonyl (C=O) groups is 1. The molecule has 1 spiro atoms. The van der Waals surface area contributed by atoms with E-state index in [9.17, 15) is 4.79 Å². The number of ether oxygens (including phenoxy) is 2. The van der Waals surface area contributed by atoms with Crippen molar-refractivity contribution < 1.29 is 14.3 Å². The fourth-order valence-electron chi connectivity index (χ4n) is 3.12.